The highest BCUT2D eigenvalue weighted by Gasteiger charge is 2.20. The normalized spacial score (nSPS) is 19.4. The van der Waals surface area contributed by atoms with E-state index >= 15 is 0 Å². The van der Waals surface area contributed by atoms with Gasteiger partial charge in [0.1, 0.15) is 0 Å². The van der Waals surface area contributed by atoms with Crippen LogP contribution in [0.5, 0.6) is 0 Å². The third kappa shape index (κ3) is 3.72. The number of piperidine rings is 1. The third-order valence-corrected chi connectivity index (χ3v) is 3.99. The molecule has 104 valence electrons. The molecule has 19 heavy (non-hydrogen) atoms. The summed E-state index contributed by atoms with van der Waals surface area (Å²) in [6, 6.07) is 9.09. The maximum atomic E-state index is 10.6. The van der Waals surface area contributed by atoms with Gasteiger partial charge in [-0.2, -0.15) is 0 Å². The summed E-state index contributed by atoms with van der Waals surface area (Å²) in [5.74, 6) is -0.730. The first-order valence-electron chi connectivity index (χ1n) is 7.28. The van der Waals surface area contributed by atoms with Gasteiger partial charge in [0.2, 0.25) is 0 Å². The van der Waals surface area contributed by atoms with E-state index in [1.165, 1.54) is 31.4 Å². The van der Waals surface area contributed by atoms with Gasteiger partial charge in [0.15, 0.2) is 0 Å². The van der Waals surface area contributed by atoms with Crippen LogP contribution in [0.3, 0.4) is 0 Å². The molecule has 0 amide bonds. The van der Waals surface area contributed by atoms with E-state index in [1.807, 2.05) is 0 Å². The zero-order chi connectivity index (χ0) is 13.7. The lowest BCUT2D eigenvalue weighted by Gasteiger charge is -2.37. The highest BCUT2D eigenvalue weighted by Crippen LogP contribution is 2.26. The Labute approximate surface area is 115 Å². The fraction of sp³-hybridized carbons (Fsp3) is 0.562. The standard InChI is InChI=1S/C16H23NO2/c1-2-14-5-3-4-12-17(14)15-9-6-13(7-10-15)8-11-16(18)19/h6-7,9-10,14H,2-5,8,11-12H2,1H3,(H,18,19). The number of aryl methyl sites for hydroxylation is 1. The van der Waals surface area contributed by atoms with Crippen LogP contribution >= 0.6 is 0 Å². The number of carboxylic acids is 1. The first kappa shape index (κ1) is 13.9. The fourth-order valence-electron chi connectivity index (χ4n) is 2.87. The summed E-state index contributed by atoms with van der Waals surface area (Å²) in [7, 11) is 0. The minimum Gasteiger partial charge on any atom is -0.481 e. The molecule has 1 N–H and O–H groups in total. The number of nitrogens with zero attached hydrogens (tertiary/aromatic N) is 1. The van der Waals surface area contributed by atoms with Crippen LogP contribution in [0.25, 0.3) is 0 Å². The molecule has 0 bridgehead atoms. The molecule has 3 nitrogen and oxygen atoms in total. The number of hydrogen-bond donors (Lipinski definition) is 1. The molecule has 1 aromatic rings. The van der Waals surface area contributed by atoms with Crippen LogP contribution in [0, 0.1) is 0 Å². The molecule has 1 aliphatic rings. The van der Waals surface area contributed by atoms with E-state index in [-0.39, 0.29) is 6.42 Å². The molecule has 1 saturated heterocycles. The van der Waals surface area contributed by atoms with Crippen LogP contribution in [-0.4, -0.2) is 23.7 Å². The molecule has 2 rings (SSSR count). The second kappa shape index (κ2) is 6.60. The Kier molecular flexibility index (Phi) is 4.83. The number of aliphatic carboxylic acids is 1. The quantitative estimate of drug-likeness (QED) is 0.882. The molecule has 0 radical (unpaired) electrons. The van der Waals surface area contributed by atoms with E-state index in [4.69, 9.17) is 5.11 Å². The van der Waals surface area contributed by atoms with Crippen LogP contribution in [-0.2, 0) is 11.2 Å². The molecule has 1 unspecified atom stereocenters. The van der Waals surface area contributed by atoms with E-state index in [2.05, 4.69) is 36.1 Å². The number of anilines is 1. The predicted octanol–water partition coefficient (Wildman–Crippen LogP) is 3.47. The van der Waals surface area contributed by atoms with Gasteiger partial charge in [-0.1, -0.05) is 19.1 Å². The van der Waals surface area contributed by atoms with E-state index in [1.54, 1.807) is 0 Å². The number of benzene rings is 1. The molecule has 0 spiro atoms. The van der Waals surface area contributed by atoms with Crippen molar-refractivity contribution >= 4 is 11.7 Å². The van der Waals surface area contributed by atoms with Gasteiger partial charge in [-0.3, -0.25) is 4.79 Å². The number of carbonyl (C=O) groups is 1. The number of hydrogen-bond acceptors (Lipinski definition) is 2. The monoisotopic (exact) mass is 261 g/mol. The van der Waals surface area contributed by atoms with Crippen LogP contribution in [0.1, 0.15) is 44.6 Å². The zero-order valence-corrected chi connectivity index (χ0v) is 11.6. The van der Waals surface area contributed by atoms with Crippen molar-refractivity contribution in [1.29, 1.82) is 0 Å². The molecule has 1 fully saturated rings. The highest BCUT2D eigenvalue weighted by molar-refractivity contribution is 5.67. The van der Waals surface area contributed by atoms with Crippen LogP contribution in [0.2, 0.25) is 0 Å². The average Bonchev–Trinajstić information content (AvgIpc) is 2.45. The number of carboxylic acid groups (broad SMARTS) is 1. The Balaban J connectivity index is 2.02. The third-order valence-electron chi connectivity index (χ3n) is 3.99. The second-order valence-electron chi connectivity index (χ2n) is 5.31. The van der Waals surface area contributed by atoms with Crippen molar-refractivity contribution in [2.45, 2.75) is 51.5 Å². The Morgan fingerprint density at radius 3 is 2.68 bits per heavy atom. The first-order chi connectivity index (χ1) is 9.20. The maximum Gasteiger partial charge on any atom is 0.303 e. The summed E-state index contributed by atoms with van der Waals surface area (Å²) in [4.78, 5) is 13.1. The molecular formula is C16H23NO2. The molecule has 3 heteroatoms. The topological polar surface area (TPSA) is 40.5 Å². The lowest BCUT2D eigenvalue weighted by Crippen LogP contribution is -2.39. The van der Waals surface area contributed by atoms with Gasteiger partial charge >= 0.3 is 5.97 Å². The predicted molar refractivity (Wildman–Crippen MR) is 77.7 cm³/mol. The van der Waals surface area contributed by atoms with Crippen molar-refractivity contribution in [3.05, 3.63) is 29.8 Å². The summed E-state index contributed by atoms with van der Waals surface area (Å²) < 4.78 is 0. The summed E-state index contributed by atoms with van der Waals surface area (Å²) >= 11 is 0. The SMILES string of the molecule is CCC1CCCCN1c1ccc(CCC(=O)O)cc1. The molecule has 1 atom stereocenters. The van der Waals surface area contributed by atoms with E-state index in [0.717, 1.165) is 12.1 Å². The van der Waals surface area contributed by atoms with Crippen molar-refractivity contribution < 1.29 is 9.90 Å². The first-order valence-corrected chi connectivity index (χ1v) is 7.28. The fourth-order valence-corrected chi connectivity index (χ4v) is 2.87. The summed E-state index contributed by atoms with van der Waals surface area (Å²) in [5.41, 5.74) is 2.39. The Morgan fingerprint density at radius 2 is 2.05 bits per heavy atom. The molecule has 1 heterocycles. The number of rotatable bonds is 5. The summed E-state index contributed by atoms with van der Waals surface area (Å²) in [6.07, 6.45) is 5.93. The molecular weight excluding hydrogens is 238 g/mol. The van der Waals surface area contributed by atoms with Crippen molar-refractivity contribution in [3.63, 3.8) is 0 Å². The average molecular weight is 261 g/mol. The lowest BCUT2D eigenvalue weighted by molar-refractivity contribution is -0.136. The zero-order valence-electron chi connectivity index (χ0n) is 11.6. The maximum absolute atomic E-state index is 10.6. The minimum atomic E-state index is -0.730. The van der Waals surface area contributed by atoms with Crippen molar-refractivity contribution in [2.75, 3.05) is 11.4 Å². The Bertz CT molecular complexity index is 413. The van der Waals surface area contributed by atoms with E-state index < -0.39 is 5.97 Å². The van der Waals surface area contributed by atoms with Crippen molar-refractivity contribution in [3.8, 4) is 0 Å². The van der Waals surface area contributed by atoms with Crippen LogP contribution in [0.15, 0.2) is 24.3 Å². The van der Waals surface area contributed by atoms with Gasteiger partial charge in [-0.15, -0.1) is 0 Å². The summed E-state index contributed by atoms with van der Waals surface area (Å²) in [6.45, 7) is 3.40. The van der Waals surface area contributed by atoms with E-state index in [9.17, 15) is 4.79 Å². The highest BCUT2D eigenvalue weighted by atomic mass is 16.4. The minimum absolute atomic E-state index is 0.209. The smallest absolute Gasteiger partial charge is 0.303 e. The summed E-state index contributed by atoms with van der Waals surface area (Å²) in [5, 5.41) is 8.69. The van der Waals surface area contributed by atoms with Crippen LogP contribution < -0.4 is 4.90 Å². The Morgan fingerprint density at radius 1 is 1.32 bits per heavy atom. The largest absolute Gasteiger partial charge is 0.481 e. The van der Waals surface area contributed by atoms with Gasteiger partial charge < -0.3 is 10.0 Å². The molecule has 0 aromatic heterocycles. The van der Waals surface area contributed by atoms with Crippen molar-refractivity contribution in [1.82, 2.24) is 0 Å². The molecule has 1 aliphatic heterocycles. The van der Waals surface area contributed by atoms with Gasteiger partial charge in [0, 0.05) is 24.7 Å². The van der Waals surface area contributed by atoms with Gasteiger partial charge in [0.05, 0.1) is 0 Å². The second-order valence-corrected chi connectivity index (χ2v) is 5.31. The van der Waals surface area contributed by atoms with Gasteiger partial charge in [-0.25, -0.2) is 0 Å². The molecule has 0 saturated carbocycles. The van der Waals surface area contributed by atoms with E-state index in [0.29, 0.717) is 12.5 Å². The van der Waals surface area contributed by atoms with Crippen LogP contribution in [0.4, 0.5) is 5.69 Å². The molecule has 1 aromatic carbocycles. The lowest BCUT2D eigenvalue weighted by atomic mass is 9.98. The molecule has 0 aliphatic carbocycles. The van der Waals surface area contributed by atoms with Gasteiger partial charge in [0.25, 0.3) is 0 Å². The van der Waals surface area contributed by atoms with Gasteiger partial charge in [-0.05, 0) is 49.8 Å². The van der Waals surface area contributed by atoms with Crippen molar-refractivity contribution in [2.24, 2.45) is 0 Å². The Hall–Kier alpha value is -1.51.